The van der Waals surface area contributed by atoms with E-state index in [1.807, 2.05) is 22.4 Å². The Morgan fingerprint density at radius 1 is 1.09 bits per heavy atom. The van der Waals surface area contributed by atoms with Crippen molar-refractivity contribution in [3.05, 3.63) is 47.4 Å². The Labute approximate surface area is 193 Å². The third kappa shape index (κ3) is 5.14. The van der Waals surface area contributed by atoms with Crippen molar-refractivity contribution >= 4 is 45.8 Å². The molecule has 0 saturated carbocycles. The van der Waals surface area contributed by atoms with Gasteiger partial charge in [-0.2, -0.15) is 0 Å². The van der Waals surface area contributed by atoms with E-state index in [1.165, 1.54) is 14.0 Å². The van der Waals surface area contributed by atoms with E-state index in [0.717, 1.165) is 20.6 Å². The monoisotopic (exact) mass is 470 g/mol. The van der Waals surface area contributed by atoms with Gasteiger partial charge in [-0.1, -0.05) is 23.5 Å². The minimum atomic E-state index is -0.419. The van der Waals surface area contributed by atoms with E-state index < -0.39 is 5.97 Å². The van der Waals surface area contributed by atoms with E-state index in [0.29, 0.717) is 37.7 Å². The maximum Gasteiger partial charge on any atom is 0.308 e. The molecule has 1 amide bonds. The summed E-state index contributed by atoms with van der Waals surface area (Å²) in [5, 5.41) is 12.5. The van der Waals surface area contributed by atoms with Crippen LogP contribution in [0.25, 0.3) is 16.0 Å². The van der Waals surface area contributed by atoms with Crippen LogP contribution in [0.3, 0.4) is 0 Å². The zero-order valence-corrected chi connectivity index (χ0v) is 19.3. The lowest BCUT2D eigenvalue weighted by Crippen LogP contribution is -2.48. The largest absolute Gasteiger partial charge is 0.493 e. The van der Waals surface area contributed by atoms with Gasteiger partial charge in [0.25, 0.3) is 0 Å². The van der Waals surface area contributed by atoms with Crippen LogP contribution < -0.4 is 14.4 Å². The van der Waals surface area contributed by atoms with Crippen LogP contribution in [0.4, 0.5) is 5.13 Å². The molecule has 8 nitrogen and oxygen atoms in total. The molecule has 1 fully saturated rings. The van der Waals surface area contributed by atoms with Crippen molar-refractivity contribution in [1.82, 2.24) is 15.1 Å². The highest BCUT2D eigenvalue weighted by molar-refractivity contribution is 7.22. The average molecular weight is 471 g/mol. The topological polar surface area (TPSA) is 84.9 Å². The second-order valence-corrected chi connectivity index (χ2v) is 8.92. The standard InChI is InChI=1S/C22H22N4O4S2/c1-15(27)30-17-7-5-16(14-18(17)29-2)6-8-20(28)25-9-11-26(12-10-25)22-24-23-21(32-22)19-4-3-13-31-19/h3-8,13-14H,9-12H2,1-2H3/b8-6+. The number of anilines is 1. The predicted molar refractivity (Wildman–Crippen MR) is 125 cm³/mol. The molecule has 0 bridgehead atoms. The molecule has 1 aromatic carbocycles. The number of hydrogen-bond acceptors (Lipinski definition) is 9. The number of nitrogens with zero attached hydrogens (tertiary/aromatic N) is 4. The Bertz CT molecular complexity index is 1120. The third-order valence-corrected chi connectivity index (χ3v) is 6.89. The zero-order valence-electron chi connectivity index (χ0n) is 17.7. The molecule has 0 N–H and O–H groups in total. The highest BCUT2D eigenvalue weighted by Crippen LogP contribution is 2.32. The van der Waals surface area contributed by atoms with Crippen LogP contribution in [-0.2, 0) is 9.59 Å². The SMILES string of the molecule is COc1cc(/C=C/C(=O)N2CCN(c3nnc(-c4cccs4)s3)CC2)ccc1OC(C)=O. The molecule has 0 spiro atoms. The number of amides is 1. The number of thiophene rings is 1. The van der Waals surface area contributed by atoms with Crippen molar-refractivity contribution in [2.75, 3.05) is 38.2 Å². The first-order chi connectivity index (χ1) is 15.5. The second-order valence-electron chi connectivity index (χ2n) is 7.02. The molecular formula is C22H22N4O4S2. The first kappa shape index (κ1) is 22.0. The van der Waals surface area contributed by atoms with Gasteiger partial charge in [-0.05, 0) is 35.2 Å². The van der Waals surface area contributed by atoms with Gasteiger partial charge in [0.05, 0.1) is 12.0 Å². The van der Waals surface area contributed by atoms with E-state index >= 15 is 0 Å². The maximum atomic E-state index is 12.6. The molecule has 10 heteroatoms. The molecule has 3 aromatic rings. The third-order valence-electron chi connectivity index (χ3n) is 4.87. The van der Waals surface area contributed by atoms with Gasteiger partial charge >= 0.3 is 5.97 Å². The summed E-state index contributed by atoms with van der Waals surface area (Å²) in [5.41, 5.74) is 0.778. The Hall–Kier alpha value is -3.24. The molecule has 166 valence electrons. The Morgan fingerprint density at radius 2 is 1.91 bits per heavy atom. The molecule has 3 heterocycles. The van der Waals surface area contributed by atoms with Crippen LogP contribution in [0.15, 0.2) is 41.8 Å². The summed E-state index contributed by atoms with van der Waals surface area (Å²) >= 11 is 3.22. The van der Waals surface area contributed by atoms with Crippen LogP contribution in [0.5, 0.6) is 11.5 Å². The number of piperazine rings is 1. The van der Waals surface area contributed by atoms with E-state index in [2.05, 4.69) is 15.1 Å². The summed E-state index contributed by atoms with van der Waals surface area (Å²) in [7, 11) is 1.50. The quantitative estimate of drug-likeness (QED) is 0.309. The summed E-state index contributed by atoms with van der Waals surface area (Å²) in [4.78, 5) is 28.9. The first-order valence-corrected chi connectivity index (χ1v) is 11.7. The van der Waals surface area contributed by atoms with Crippen molar-refractivity contribution in [2.24, 2.45) is 0 Å². The smallest absolute Gasteiger partial charge is 0.308 e. The Kier molecular flexibility index (Phi) is 6.81. The number of aromatic nitrogens is 2. The van der Waals surface area contributed by atoms with Gasteiger partial charge in [0.1, 0.15) is 0 Å². The molecule has 1 saturated heterocycles. The summed E-state index contributed by atoms with van der Waals surface area (Å²) < 4.78 is 10.4. The molecule has 0 atom stereocenters. The number of methoxy groups -OCH3 is 1. The fourth-order valence-corrected chi connectivity index (χ4v) is 4.95. The lowest BCUT2D eigenvalue weighted by molar-refractivity contribution is -0.132. The molecule has 4 rings (SSSR count). The number of benzene rings is 1. The number of ether oxygens (including phenoxy) is 2. The number of esters is 1. The van der Waals surface area contributed by atoms with Gasteiger partial charge in [-0.3, -0.25) is 9.59 Å². The van der Waals surface area contributed by atoms with Gasteiger partial charge < -0.3 is 19.3 Å². The number of carbonyl (C=O) groups excluding carboxylic acids is 2. The highest BCUT2D eigenvalue weighted by atomic mass is 32.1. The normalized spacial score (nSPS) is 14.1. The molecule has 2 aromatic heterocycles. The number of hydrogen-bond donors (Lipinski definition) is 0. The number of carbonyl (C=O) groups is 2. The van der Waals surface area contributed by atoms with Gasteiger partial charge in [0.2, 0.25) is 11.0 Å². The van der Waals surface area contributed by atoms with Gasteiger partial charge in [-0.25, -0.2) is 0 Å². The van der Waals surface area contributed by atoms with E-state index in [-0.39, 0.29) is 5.91 Å². The molecule has 0 aliphatic carbocycles. The van der Waals surface area contributed by atoms with Crippen LogP contribution in [0.1, 0.15) is 12.5 Å². The molecule has 0 radical (unpaired) electrons. The Balaban J connectivity index is 1.33. The summed E-state index contributed by atoms with van der Waals surface area (Å²) in [6.07, 6.45) is 3.28. The second kappa shape index (κ2) is 9.92. The molecule has 32 heavy (non-hydrogen) atoms. The highest BCUT2D eigenvalue weighted by Gasteiger charge is 2.22. The van der Waals surface area contributed by atoms with Crippen LogP contribution in [-0.4, -0.2) is 60.3 Å². The van der Waals surface area contributed by atoms with E-state index in [1.54, 1.807) is 53.0 Å². The van der Waals surface area contributed by atoms with Crippen molar-refractivity contribution in [2.45, 2.75) is 6.92 Å². The summed E-state index contributed by atoms with van der Waals surface area (Å²) in [5.74, 6) is 0.308. The first-order valence-electron chi connectivity index (χ1n) is 9.99. The minimum Gasteiger partial charge on any atom is -0.493 e. The lowest BCUT2D eigenvalue weighted by atomic mass is 10.2. The van der Waals surface area contributed by atoms with Crippen LogP contribution in [0.2, 0.25) is 0 Å². The summed E-state index contributed by atoms with van der Waals surface area (Å²) in [6.45, 7) is 3.99. The summed E-state index contributed by atoms with van der Waals surface area (Å²) in [6, 6.07) is 9.18. The van der Waals surface area contributed by atoms with Crippen molar-refractivity contribution in [3.8, 4) is 21.4 Å². The molecule has 1 aliphatic heterocycles. The van der Waals surface area contributed by atoms with Crippen molar-refractivity contribution in [1.29, 1.82) is 0 Å². The van der Waals surface area contributed by atoms with E-state index in [4.69, 9.17) is 9.47 Å². The van der Waals surface area contributed by atoms with Crippen LogP contribution >= 0.6 is 22.7 Å². The molecular weight excluding hydrogens is 448 g/mol. The van der Waals surface area contributed by atoms with Gasteiger partial charge in [0.15, 0.2) is 16.5 Å². The van der Waals surface area contributed by atoms with Crippen molar-refractivity contribution < 1.29 is 19.1 Å². The van der Waals surface area contributed by atoms with E-state index in [9.17, 15) is 9.59 Å². The molecule has 1 aliphatic rings. The maximum absolute atomic E-state index is 12.6. The average Bonchev–Trinajstić information content (AvgIpc) is 3.50. The lowest BCUT2D eigenvalue weighted by Gasteiger charge is -2.33. The Morgan fingerprint density at radius 3 is 2.59 bits per heavy atom. The predicted octanol–water partition coefficient (Wildman–Crippen LogP) is 3.56. The van der Waals surface area contributed by atoms with Crippen LogP contribution in [0, 0.1) is 0 Å². The van der Waals surface area contributed by atoms with Gasteiger partial charge in [0, 0.05) is 39.2 Å². The fraction of sp³-hybridized carbons (Fsp3) is 0.273. The minimum absolute atomic E-state index is 0.0517. The molecule has 0 unspecified atom stereocenters. The zero-order chi connectivity index (χ0) is 22.5. The van der Waals surface area contributed by atoms with Crippen molar-refractivity contribution in [3.63, 3.8) is 0 Å². The van der Waals surface area contributed by atoms with Gasteiger partial charge in [-0.15, -0.1) is 21.5 Å². The number of rotatable bonds is 6. The fourth-order valence-electron chi connectivity index (χ4n) is 3.26.